The number of aliphatic hydroxyl groups excluding tert-OH is 1. The summed E-state index contributed by atoms with van der Waals surface area (Å²) in [4.78, 5) is 1.70. The van der Waals surface area contributed by atoms with Gasteiger partial charge in [-0.1, -0.05) is 18.2 Å². The zero-order valence-electron chi connectivity index (χ0n) is 21.0. The summed E-state index contributed by atoms with van der Waals surface area (Å²) in [6.45, 7) is 0.344. The number of hydrogen-bond acceptors (Lipinski definition) is 4. The van der Waals surface area contributed by atoms with E-state index in [2.05, 4.69) is 0 Å². The molecule has 116 valence electrons. The lowest BCUT2D eigenvalue weighted by Gasteiger charge is -2.56. The maximum atomic E-state index is 9.48. The van der Waals surface area contributed by atoms with E-state index in [1.165, 1.54) is 12.2 Å². The van der Waals surface area contributed by atoms with Gasteiger partial charge in [0.2, 0.25) is 1.43 Å². The third kappa shape index (κ3) is 1.28. The molecule has 1 saturated heterocycles. The minimum absolute atomic E-state index is 0.0774. The zero-order chi connectivity index (χ0) is 22.8. The number of hydrogen-bond donors (Lipinski definition) is 1. The predicted octanol–water partition coefficient (Wildman–Crippen LogP) is 1.50. The molecule has 1 aromatic rings. The number of likely N-dealkylation sites (N-methyl/N-ethyl adjacent to an activating group) is 1. The Balaban J connectivity index is 1.92. The fraction of sp³-hybridized carbons (Fsp3) is 0.556. The van der Waals surface area contributed by atoms with Crippen LogP contribution in [0.25, 0.3) is 0 Å². The molecule has 2 bridgehead atoms. The van der Waals surface area contributed by atoms with Crippen molar-refractivity contribution in [3.05, 3.63) is 35.4 Å². The topological polar surface area (TPSA) is 41.9 Å². The molecule has 2 unspecified atom stereocenters. The second-order valence-corrected chi connectivity index (χ2v) is 6.22. The zero-order valence-corrected chi connectivity index (χ0v) is 12.0. The van der Waals surface area contributed by atoms with Crippen molar-refractivity contribution in [3.63, 3.8) is 0 Å². The summed E-state index contributed by atoms with van der Waals surface area (Å²) >= 11 is 0. The molecule has 0 radical (unpaired) electrons. The van der Waals surface area contributed by atoms with Gasteiger partial charge in [0.1, 0.15) is 12.2 Å². The van der Waals surface area contributed by atoms with Crippen LogP contribution in [0, 0.1) is 5.89 Å². The number of likely N-dealkylation sites (tertiary alicyclic amines) is 1. The summed E-state index contributed by atoms with van der Waals surface area (Å²) in [5.41, 5.74) is -0.982. The van der Waals surface area contributed by atoms with Crippen molar-refractivity contribution >= 4 is 0 Å². The molecule has 2 heterocycles. The van der Waals surface area contributed by atoms with Gasteiger partial charge in [-0.05, 0) is 38.0 Å². The molecule has 1 aromatic carbocycles. The summed E-state index contributed by atoms with van der Waals surface area (Å²) in [6.07, 6.45) is -0.356. The number of ether oxygens (including phenoxy) is 2. The highest BCUT2D eigenvalue weighted by Crippen LogP contribution is 2.62. The quantitative estimate of drug-likeness (QED) is 0.841. The number of rotatable bonds is 2. The Morgan fingerprint density at radius 2 is 2.55 bits per heavy atom. The molecule has 0 saturated carbocycles. The lowest BCUT2D eigenvalue weighted by molar-refractivity contribution is -0.0453. The first kappa shape index (κ1) is 6.93. The number of benzene rings is 1. The molecule has 1 fully saturated rings. The SMILES string of the molecule is [2H]OC1C=C[C@@]2([2H])[C@@]3([2H])Cc4c([2H])c([2H])c(OC([2H])([2H])[2H])c5c4[C@@]2(CCN3C)C1([2H])O5. The molecule has 1 spiro atoms. The third-order valence-electron chi connectivity index (χ3n) is 5.32. The van der Waals surface area contributed by atoms with E-state index in [9.17, 15) is 4.11 Å². The van der Waals surface area contributed by atoms with Gasteiger partial charge in [-0.15, -0.1) is 0 Å². The number of piperidine rings is 1. The Morgan fingerprint density at radius 3 is 3.41 bits per heavy atom. The van der Waals surface area contributed by atoms with E-state index in [4.69, 9.17) is 22.9 Å². The lowest BCUT2D eigenvalue weighted by Crippen LogP contribution is -2.64. The van der Waals surface area contributed by atoms with E-state index in [-0.39, 0.29) is 35.8 Å². The Labute approximate surface area is 143 Å². The van der Waals surface area contributed by atoms with E-state index in [0.29, 0.717) is 6.54 Å². The van der Waals surface area contributed by atoms with Crippen LogP contribution >= 0.6 is 0 Å². The largest absolute Gasteiger partial charge is 0.493 e. The molecule has 4 nitrogen and oxygen atoms in total. The second-order valence-electron chi connectivity index (χ2n) is 6.22. The maximum Gasteiger partial charge on any atom is 0.211 e. The van der Waals surface area contributed by atoms with Crippen LogP contribution in [0.3, 0.4) is 0 Å². The monoisotopic (exact) mass is 308 g/mol. The molecule has 4 heteroatoms. The fourth-order valence-electron chi connectivity index (χ4n) is 4.36. The molecular formula is C18H21NO3. The van der Waals surface area contributed by atoms with Crippen molar-refractivity contribution < 1.29 is 25.5 Å². The first-order valence-electron chi connectivity index (χ1n) is 11.8. The molecule has 5 rings (SSSR count). The van der Waals surface area contributed by atoms with Gasteiger partial charge in [0.05, 0.1) is 15.3 Å². The van der Waals surface area contributed by atoms with Gasteiger partial charge in [-0.25, -0.2) is 0 Å². The smallest absolute Gasteiger partial charge is 0.211 e. The van der Waals surface area contributed by atoms with Crippen LogP contribution in [-0.4, -0.2) is 50.3 Å². The summed E-state index contributed by atoms with van der Waals surface area (Å²) in [5, 5.41) is 4.79. The Morgan fingerprint density at radius 1 is 1.59 bits per heavy atom. The van der Waals surface area contributed by atoms with Gasteiger partial charge in [0.15, 0.2) is 11.5 Å². The van der Waals surface area contributed by atoms with E-state index in [1.807, 2.05) is 0 Å². The van der Waals surface area contributed by atoms with Crippen LogP contribution in [0.1, 0.15) is 28.5 Å². The predicted molar refractivity (Wildman–Crippen MR) is 82.5 cm³/mol. The van der Waals surface area contributed by atoms with Crippen molar-refractivity contribution in [2.45, 2.75) is 36.5 Å². The van der Waals surface area contributed by atoms with Crippen LogP contribution in [0.4, 0.5) is 0 Å². The van der Waals surface area contributed by atoms with Crippen LogP contribution in [0.2, 0.25) is 0 Å². The number of nitrogens with zero attached hydrogens (tertiary/aromatic N) is 1. The molecule has 0 aromatic heterocycles. The summed E-state index contributed by atoms with van der Waals surface area (Å²) < 4.78 is 86.1. The first-order chi connectivity index (χ1) is 14.3. The maximum absolute atomic E-state index is 9.48. The van der Waals surface area contributed by atoms with Crippen molar-refractivity contribution in [1.29, 1.82) is 1.43 Å². The molecule has 1 N–H and O–H groups in total. The molecular weight excluding hydrogens is 278 g/mol. The minimum Gasteiger partial charge on any atom is -0.493 e. The van der Waals surface area contributed by atoms with E-state index in [1.54, 1.807) is 11.9 Å². The third-order valence-corrected chi connectivity index (χ3v) is 5.32. The fourth-order valence-corrected chi connectivity index (χ4v) is 4.36. The van der Waals surface area contributed by atoms with Gasteiger partial charge >= 0.3 is 0 Å². The molecule has 4 aliphatic rings. The van der Waals surface area contributed by atoms with Crippen LogP contribution in [-0.2, 0) is 11.8 Å². The number of aliphatic hydroxyl groups is 1. The lowest BCUT2D eigenvalue weighted by atomic mass is 9.53. The van der Waals surface area contributed by atoms with Crippen molar-refractivity contribution in [3.8, 4) is 11.5 Å². The Hall–Kier alpha value is -1.52. The van der Waals surface area contributed by atoms with Gasteiger partial charge < -0.3 is 19.5 Å². The van der Waals surface area contributed by atoms with Gasteiger partial charge in [-0.2, -0.15) is 0 Å². The van der Waals surface area contributed by atoms with Gasteiger partial charge in [-0.3, -0.25) is 0 Å². The van der Waals surface area contributed by atoms with E-state index in [0.717, 1.165) is 0 Å². The normalized spacial score (nSPS) is 57.5. The number of methoxy groups -OCH3 is 1. The summed E-state index contributed by atoms with van der Waals surface area (Å²) in [7, 11) is -1.22. The highest BCUT2D eigenvalue weighted by molar-refractivity contribution is 5.62. The summed E-state index contributed by atoms with van der Waals surface area (Å²) in [6, 6.07) is -2.40. The average Bonchev–Trinajstić information content (AvgIpc) is 2.94. The highest BCUT2D eigenvalue weighted by Gasteiger charge is 2.64. The second kappa shape index (κ2) is 4.06. The first-order valence-corrected chi connectivity index (χ1v) is 7.34. The molecule has 22 heavy (non-hydrogen) atoms. The molecule has 0 amide bonds. The van der Waals surface area contributed by atoms with Gasteiger partial charge in [0, 0.05) is 25.6 Å². The Kier molecular flexibility index (Phi) is 1.28. The standard InChI is InChI=1S/C18H21NO3/c1-19-8-7-18-11-4-5-13(20)17(18)22-16-14(21-2)6-3-10(15(16)18)9-12(11)19/h3-6,11-13,17,20H,7-9H2,1-2H3/t11-,12+,13?,17?,18-/m0/s1/i2D3,3D,6D,11D,12D,17D,20D. The average molecular weight is 308 g/mol. The van der Waals surface area contributed by atoms with Crippen molar-refractivity contribution in [2.75, 3.05) is 20.6 Å². The molecule has 2 aliphatic carbocycles. The van der Waals surface area contributed by atoms with Gasteiger partial charge in [0.25, 0.3) is 0 Å². The van der Waals surface area contributed by atoms with Crippen molar-refractivity contribution in [1.82, 2.24) is 4.90 Å². The Bertz CT molecular complexity index is 1030. The summed E-state index contributed by atoms with van der Waals surface area (Å²) in [5.74, 6) is -2.37. The van der Waals surface area contributed by atoms with Crippen LogP contribution < -0.4 is 9.47 Å². The molecule has 2 aliphatic heterocycles. The van der Waals surface area contributed by atoms with E-state index >= 15 is 0 Å². The minimum atomic E-state index is -2.93. The van der Waals surface area contributed by atoms with Crippen molar-refractivity contribution in [2.24, 2.45) is 5.89 Å². The molecule has 5 atom stereocenters. The van der Waals surface area contributed by atoms with E-state index < -0.39 is 48.3 Å². The van der Waals surface area contributed by atoms with Crippen LogP contribution in [0.15, 0.2) is 24.2 Å². The van der Waals surface area contributed by atoms with Crippen LogP contribution in [0.5, 0.6) is 11.5 Å². The highest BCUT2D eigenvalue weighted by atomic mass is 16.5.